The van der Waals surface area contributed by atoms with Gasteiger partial charge in [0.1, 0.15) is 0 Å². The van der Waals surface area contributed by atoms with E-state index in [0.717, 1.165) is 23.8 Å². The summed E-state index contributed by atoms with van der Waals surface area (Å²) in [5.41, 5.74) is 8.90. The molecule has 3 rings (SSSR count). The molecule has 2 aromatic carbocycles. The lowest BCUT2D eigenvalue weighted by Crippen LogP contribution is -2.45. The summed E-state index contributed by atoms with van der Waals surface area (Å²) in [6, 6.07) is 16.3. The van der Waals surface area contributed by atoms with E-state index in [9.17, 15) is 0 Å². The molecule has 2 aromatic rings. The smallest absolute Gasteiger partial charge is 0.0660 e. The van der Waals surface area contributed by atoms with Crippen LogP contribution in [-0.4, -0.2) is 13.1 Å². The molecule has 0 aromatic heterocycles. The minimum atomic E-state index is 0.611. The van der Waals surface area contributed by atoms with Crippen LogP contribution >= 0.6 is 11.6 Å². The van der Waals surface area contributed by atoms with Gasteiger partial charge in [0.15, 0.2) is 0 Å². The van der Waals surface area contributed by atoms with E-state index in [1.165, 1.54) is 5.56 Å². The Bertz CT molecular complexity index is 548. The molecule has 1 heterocycles. The highest BCUT2D eigenvalue weighted by molar-refractivity contribution is 6.33. The average Bonchev–Trinajstić information content (AvgIpc) is 2.31. The molecule has 0 spiro atoms. The molecule has 2 nitrogen and oxygen atoms in total. The van der Waals surface area contributed by atoms with E-state index in [2.05, 4.69) is 35.2 Å². The number of nitrogens with two attached hydrogens (primary N) is 1. The zero-order valence-corrected chi connectivity index (χ0v) is 10.8. The van der Waals surface area contributed by atoms with Crippen molar-refractivity contribution in [2.45, 2.75) is 5.92 Å². The first-order valence-electron chi connectivity index (χ1n) is 6.09. The van der Waals surface area contributed by atoms with E-state index in [1.54, 1.807) is 0 Å². The summed E-state index contributed by atoms with van der Waals surface area (Å²) in [4.78, 5) is 2.29. The van der Waals surface area contributed by atoms with E-state index < -0.39 is 0 Å². The van der Waals surface area contributed by atoms with E-state index in [4.69, 9.17) is 17.3 Å². The van der Waals surface area contributed by atoms with Gasteiger partial charge in [-0.3, -0.25) is 0 Å². The van der Waals surface area contributed by atoms with Crippen LogP contribution in [0, 0.1) is 0 Å². The van der Waals surface area contributed by atoms with Crippen LogP contribution < -0.4 is 10.6 Å². The number of nitrogen functional groups attached to an aromatic ring is 1. The second kappa shape index (κ2) is 4.54. The summed E-state index contributed by atoms with van der Waals surface area (Å²) in [5, 5.41) is 0.738. The van der Waals surface area contributed by atoms with E-state index in [0.29, 0.717) is 11.6 Å². The predicted octanol–water partition coefficient (Wildman–Crippen LogP) is 3.53. The Kier molecular flexibility index (Phi) is 2.88. The van der Waals surface area contributed by atoms with Gasteiger partial charge < -0.3 is 10.6 Å². The lowest BCUT2D eigenvalue weighted by Gasteiger charge is -2.41. The molecule has 0 amide bonds. The molecule has 92 valence electrons. The first-order valence-corrected chi connectivity index (χ1v) is 6.47. The van der Waals surface area contributed by atoms with Crippen molar-refractivity contribution >= 4 is 23.0 Å². The zero-order valence-electron chi connectivity index (χ0n) is 10.0. The van der Waals surface area contributed by atoms with Crippen molar-refractivity contribution in [3.63, 3.8) is 0 Å². The summed E-state index contributed by atoms with van der Waals surface area (Å²) < 4.78 is 0. The van der Waals surface area contributed by atoms with Crippen molar-refractivity contribution in [2.75, 3.05) is 23.7 Å². The van der Waals surface area contributed by atoms with Gasteiger partial charge in [-0.1, -0.05) is 41.9 Å². The fourth-order valence-corrected chi connectivity index (χ4v) is 2.70. The lowest BCUT2D eigenvalue weighted by atomic mass is 9.91. The van der Waals surface area contributed by atoms with Gasteiger partial charge in [-0.25, -0.2) is 0 Å². The molecule has 18 heavy (non-hydrogen) atoms. The summed E-state index contributed by atoms with van der Waals surface area (Å²) >= 11 is 6.21. The second-order valence-electron chi connectivity index (χ2n) is 4.72. The highest BCUT2D eigenvalue weighted by Crippen LogP contribution is 2.36. The standard InChI is InChI=1S/C15H15ClN2/c16-14-8-13(17)6-7-15(14)18-9-12(10-18)11-4-2-1-3-5-11/h1-8,12H,9-10,17H2. The Morgan fingerprint density at radius 3 is 2.44 bits per heavy atom. The Labute approximate surface area is 112 Å². The van der Waals surface area contributed by atoms with E-state index in [1.807, 2.05) is 18.2 Å². The molecular formula is C15H15ClN2. The minimum Gasteiger partial charge on any atom is -0.399 e. The van der Waals surface area contributed by atoms with Gasteiger partial charge in [-0.2, -0.15) is 0 Å². The molecule has 0 bridgehead atoms. The van der Waals surface area contributed by atoms with Crippen molar-refractivity contribution < 1.29 is 0 Å². The zero-order chi connectivity index (χ0) is 12.5. The molecule has 0 saturated carbocycles. The quantitative estimate of drug-likeness (QED) is 0.835. The molecule has 1 saturated heterocycles. The van der Waals surface area contributed by atoms with Gasteiger partial charge in [0, 0.05) is 24.7 Å². The highest BCUT2D eigenvalue weighted by Gasteiger charge is 2.29. The van der Waals surface area contributed by atoms with Crippen molar-refractivity contribution in [3.05, 3.63) is 59.1 Å². The SMILES string of the molecule is Nc1ccc(N2CC(c3ccccc3)C2)c(Cl)c1. The summed E-state index contributed by atoms with van der Waals surface area (Å²) in [6.07, 6.45) is 0. The van der Waals surface area contributed by atoms with Crippen LogP contribution in [0.4, 0.5) is 11.4 Å². The Morgan fingerprint density at radius 1 is 1.06 bits per heavy atom. The predicted molar refractivity (Wildman–Crippen MR) is 77.3 cm³/mol. The number of hydrogen-bond acceptors (Lipinski definition) is 2. The molecule has 0 radical (unpaired) electrons. The lowest BCUT2D eigenvalue weighted by molar-refractivity contribution is 0.525. The Hall–Kier alpha value is -1.67. The number of anilines is 2. The van der Waals surface area contributed by atoms with E-state index in [-0.39, 0.29) is 0 Å². The fourth-order valence-electron chi connectivity index (χ4n) is 2.39. The average molecular weight is 259 g/mol. The molecule has 1 aliphatic heterocycles. The molecule has 0 aliphatic carbocycles. The van der Waals surface area contributed by atoms with Crippen LogP contribution in [0.2, 0.25) is 5.02 Å². The minimum absolute atomic E-state index is 0.611. The van der Waals surface area contributed by atoms with Crippen LogP contribution in [0.5, 0.6) is 0 Å². The highest BCUT2D eigenvalue weighted by atomic mass is 35.5. The Morgan fingerprint density at radius 2 is 1.78 bits per heavy atom. The molecule has 1 aliphatic rings. The van der Waals surface area contributed by atoms with Crippen LogP contribution in [-0.2, 0) is 0 Å². The molecule has 0 unspecified atom stereocenters. The van der Waals surface area contributed by atoms with Crippen molar-refractivity contribution in [2.24, 2.45) is 0 Å². The van der Waals surface area contributed by atoms with Gasteiger partial charge in [0.2, 0.25) is 0 Å². The summed E-state index contributed by atoms with van der Waals surface area (Å²) in [7, 11) is 0. The third kappa shape index (κ3) is 2.04. The van der Waals surface area contributed by atoms with Gasteiger partial charge in [0.25, 0.3) is 0 Å². The maximum atomic E-state index is 6.21. The number of hydrogen-bond donors (Lipinski definition) is 1. The molecular weight excluding hydrogens is 244 g/mol. The number of nitrogens with zero attached hydrogens (tertiary/aromatic N) is 1. The van der Waals surface area contributed by atoms with Crippen LogP contribution in [0.1, 0.15) is 11.5 Å². The van der Waals surface area contributed by atoms with Gasteiger partial charge in [-0.05, 0) is 23.8 Å². The Balaban J connectivity index is 1.72. The number of benzene rings is 2. The first-order chi connectivity index (χ1) is 8.74. The van der Waals surface area contributed by atoms with Crippen molar-refractivity contribution in [1.82, 2.24) is 0 Å². The number of halogens is 1. The van der Waals surface area contributed by atoms with Crippen LogP contribution in [0.25, 0.3) is 0 Å². The summed E-state index contributed by atoms with van der Waals surface area (Å²) in [6.45, 7) is 2.04. The molecule has 2 N–H and O–H groups in total. The maximum Gasteiger partial charge on any atom is 0.0660 e. The normalized spacial score (nSPS) is 15.5. The van der Waals surface area contributed by atoms with E-state index >= 15 is 0 Å². The van der Waals surface area contributed by atoms with Crippen LogP contribution in [0.3, 0.4) is 0 Å². The second-order valence-corrected chi connectivity index (χ2v) is 5.13. The van der Waals surface area contributed by atoms with Gasteiger partial charge >= 0.3 is 0 Å². The third-order valence-electron chi connectivity index (χ3n) is 3.46. The van der Waals surface area contributed by atoms with Crippen molar-refractivity contribution in [3.8, 4) is 0 Å². The van der Waals surface area contributed by atoms with Gasteiger partial charge in [0.05, 0.1) is 10.7 Å². The molecule has 1 fully saturated rings. The topological polar surface area (TPSA) is 29.3 Å². The maximum absolute atomic E-state index is 6.21. The van der Waals surface area contributed by atoms with Gasteiger partial charge in [-0.15, -0.1) is 0 Å². The first kappa shape index (κ1) is 11.4. The molecule has 3 heteroatoms. The third-order valence-corrected chi connectivity index (χ3v) is 3.77. The van der Waals surface area contributed by atoms with Crippen LogP contribution in [0.15, 0.2) is 48.5 Å². The monoisotopic (exact) mass is 258 g/mol. The number of rotatable bonds is 2. The van der Waals surface area contributed by atoms with Crippen molar-refractivity contribution in [1.29, 1.82) is 0 Å². The largest absolute Gasteiger partial charge is 0.399 e. The summed E-state index contributed by atoms with van der Waals surface area (Å²) in [5.74, 6) is 0.611. The fraction of sp³-hybridized carbons (Fsp3) is 0.200. The molecule has 0 atom stereocenters.